The quantitative estimate of drug-likeness (QED) is 0.423. The molecule has 0 saturated carbocycles. The molecule has 148 valence electrons. The van der Waals surface area contributed by atoms with Gasteiger partial charge in [-0.2, -0.15) is 4.68 Å². The number of tetrazole rings is 1. The molecule has 0 amide bonds. The molecule has 1 unspecified atom stereocenters. The fourth-order valence-corrected chi connectivity index (χ4v) is 3.52. The van der Waals surface area contributed by atoms with Crippen LogP contribution in [0.25, 0.3) is 17.1 Å². The highest BCUT2D eigenvalue weighted by molar-refractivity contribution is 7.99. The van der Waals surface area contributed by atoms with Crippen LogP contribution in [-0.2, 0) is 0 Å². The van der Waals surface area contributed by atoms with Crippen molar-refractivity contribution in [2.45, 2.75) is 17.4 Å². The normalized spacial score (nSPS) is 12.0. The number of benzene rings is 2. The Bertz CT molecular complexity index is 1100. The molecule has 29 heavy (non-hydrogen) atoms. The van der Waals surface area contributed by atoms with Crippen LogP contribution in [0.5, 0.6) is 11.5 Å². The van der Waals surface area contributed by atoms with Gasteiger partial charge in [-0.3, -0.25) is 0 Å². The smallest absolute Gasteiger partial charge is 0.277 e. The number of hydrogen-bond acceptors (Lipinski definition) is 9. The Morgan fingerprint density at radius 1 is 0.966 bits per heavy atom. The molecule has 4 rings (SSSR count). The van der Waals surface area contributed by atoms with Gasteiger partial charge in [0, 0.05) is 5.56 Å². The maximum absolute atomic E-state index is 5.82. The number of aromatic nitrogens is 6. The topological polar surface area (TPSA) is 101 Å². The summed E-state index contributed by atoms with van der Waals surface area (Å²) in [6, 6.07) is 15.1. The fourth-order valence-electron chi connectivity index (χ4n) is 2.75. The molecule has 0 radical (unpaired) electrons. The summed E-state index contributed by atoms with van der Waals surface area (Å²) in [7, 11) is 3.17. The zero-order valence-electron chi connectivity index (χ0n) is 16.0. The summed E-state index contributed by atoms with van der Waals surface area (Å²) in [5.74, 6) is 2.30. The Balaban J connectivity index is 1.54. The Morgan fingerprint density at radius 2 is 1.76 bits per heavy atom. The summed E-state index contributed by atoms with van der Waals surface area (Å²) in [6.07, 6.45) is 0. The van der Waals surface area contributed by atoms with Crippen molar-refractivity contribution in [3.05, 3.63) is 54.4 Å². The molecule has 0 aliphatic heterocycles. The average molecular weight is 410 g/mol. The lowest BCUT2D eigenvalue weighted by molar-refractivity contribution is 0.355. The molecule has 0 saturated heterocycles. The van der Waals surface area contributed by atoms with Gasteiger partial charge < -0.3 is 13.9 Å². The predicted octanol–water partition coefficient (Wildman–Crippen LogP) is 3.58. The molecule has 0 bridgehead atoms. The number of ether oxygens (including phenoxy) is 2. The number of hydrogen-bond donors (Lipinski definition) is 0. The predicted molar refractivity (Wildman–Crippen MR) is 106 cm³/mol. The van der Waals surface area contributed by atoms with Crippen LogP contribution < -0.4 is 9.47 Å². The number of para-hydroxylation sites is 1. The van der Waals surface area contributed by atoms with Crippen molar-refractivity contribution in [3.8, 4) is 28.6 Å². The van der Waals surface area contributed by atoms with Gasteiger partial charge >= 0.3 is 0 Å². The van der Waals surface area contributed by atoms with E-state index in [-0.39, 0.29) is 5.25 Å². The minimum absolute atomic E-state index is 0.107. The number of nitrogens with zero attached hydrogens (tertiary/aromatic N) is 6. The summed E-state index contributed by atoms with van der Waals surface area (Å²) in [5.41, 5.74) is 1.63. The monoisotopic (exact) mass is 410 g/mol. The van der Waals surface area contributed by atoms with Crippen LogP contribution in [-0.4, -0.2) is 44.6 Å². The Kier molecular flexibility index (Phi) is 5.43. The summed E-state index contributed by atoms with van der Waals surface area (Å²) in [4.78, 5) is 0. The minimum Gasteiger partial charge on any atom is -0.493 e. The molecular formula is C19H18N6O3S. The molecule has 0 N–H and O–H groups in total. The third-order valence-corrected chi connectivity index (χ3v) is 5.10. The van der Waals surface area contributed by atoms with E-state index in [2.05, 4.69) is 25.7 Å². The van der Waals surface area contributed by atoms with Crippen LogP contribution in [0.15, 0.2) is 58.2 Å². The summed E-state index contributed by atoms with van der Waals surface area (Å²) >= 11 is 1.38. The molecule has 1 atom stereocenters. The van der Waals surface area contributed by atoms with E-state index < -0.39 is 0 Å². The lowest BCUT2D eigenvalue weighted by Crippen LogP contribution is -2.04. The molecule has 0 aliphatic carbocycles. The number of rotatable bonds is 7. The van der Waals surface area contributed by atoms with E-state index in [1.807, 2.05) is 43.3 Å². The van der Waals surface area contributed by atoms with E-state index in [4.69, 9.17) is 13.9 Å². The molecule has 0 spiro atoms. The Hall–Kier alpha value is -3.40. The largest absolute Gasteiger partial charge is 0.493 e. The SMILES string of the molecule is COc1ccc(-c2nnc(SC(C)c3nnnn3-c3ccccc3)o2)cc1OC. The Morgan fingerprint density at radius 3 is 2.52 bits per heavy atom. The minimum atomic E-state index is -0.107. The van der Waals surface area contributed by atoms with E-state index in [0.29, 0.717) is 28.4 Å². The van der Waals surface area contributed by atoms with Gasteiger partial charge in [0.25, 0.3) is 5.22 Å². The maximum atomic E-state index is 5.82. The zero-order valence-corrected chi connectivity index (χ0v) is 16.8. The van der Waals surface area contributed by atoms with Gasteiger partial charge in [0.05, 0.1) is 25.2 Å². The molecule has 0 fully saturated rings. The van der Waals surface area contributed by atoms with Gasteiger partial charge in [0.15, 0.2) is 17.3 Å². The van der Waals surface area contributed by atoms with Crippen LogP contribution in [0.2, 0.25) is 0 Å². The van der Waals surface area contributed by atoms with Gasteiger partial charge in [-0.15, -0.1) is 15.3 Å². The van der Waals surface area contributed by atoms with Crippen LogP contribution in [0, 0.1) is 0 Å². The van der Waals surface area contributed by atoms with Crippen LogP contribution in [0.4, 0.5) is 0 Å². The highest BCUT2D eigenvalue weighted by Gasteiger charge is 2.20. The van der Waals surface area contributed by atoms with Gasteiger partial charge in [-0.05, 0) is 47.7 Å². The summed E-state index contributed by atoms with van der Waals surface area (Å²) < 4.78 is 18.1. The lowest BCUT2D eigenvalue weighted by Gasteiger charge is -2.09. The third kappa shape index (κ3) is 3.92. The summed E-state index contributed by atoms with van der Waals surface area (Å²) in [6.45, 7) is 1.98. The fraction of sp³-hybridized carbons (Fsp3) is 0.211. The van der Waals surface area contributed by atoms with E-state index in [9.17, 15) is 0 Å². The van der Waals surface area contributed by atoms with Crippen molar-refractivity contribution in [3.63, 3.8) is 0 Å². The highest BCUT2D eigenvalue weighted by atomic mass is 32.2. The lowest BCUT2D eigenvalue weighted by atomic mass is 10.2. The van der Waals surface area contributed by atoms with Crippen LogP contribution in [0.1, 0.15) is 18.0 Å². The van der Waals surface area contributed by atoms with Crippen molar-refractivity contribution < 1.29 is 13.9 Å². The van der Waals surface area contributed by atoms with Gasteiger partial charge in [-0.25, -0.2) is 0 Å². The van der Waals surface area contributed by atoms with Crippen LogP contribution in [0.3, 0.4) is 0 Å². The van der Waals surface area contributed by atoms with Crippen molar-refractivity contribution in [2.24, 2.45) is 0 Å². The van der Waals surface area contributed by atoms with Gasteiger partial charge in [-0.1, -0.05) is 30.0 Å². The molecule has 2 aromatic carbocycles. The first kappa shape index (κ1) is 18.9. The molecule has 9 nitrogen and oxygen atoms in total. The molecule has 2 heterocycles. The molecular weight excluding hydrogens is 392 g/mol. The standard InChI is InChI=1S/C19H18N6O3S/c1-12(17-20-23-24-25(17)14-7-5-4-6-8-14)29-19-22-21-18(28-19)13-9-10-15(26-2)16(11-13)27-3/h4-12H,1-3H3. The second-order valence-electron chi connectivity index (χ2n) is 5.99. The molecule has 2 aromatic heterocycles. The van der Waals surface area contributed by atoms with E-state index in [1.54, 1.807) is 31.0 Å². The first-order valence-corrected chi connectivity index (χ1v) is 9.64. The molecule has 0 aliphatic rings. The van der Waals surface area contributed by atoms with E-state index >= 15 is 0 Å². The first-order valence-electron chi connectivity index (χ1n) is 8.76. The van der Waals surface area contributed by atoms with E-state index in [1.165, 1.54) is 11.8 Å². The number of thioether (sulfide) groups is 1. The number of methoxy groups -OCH3 is 2. The molecule has 4 aromatic rings. The molecule has 10 heteroatoms. The van der Waals surface area contributed by atoms with Gasteiger partial charge in [0.2, 0.25) is 5.89 Å². The zero-order chi connectivity index (χ0) is 20.2. The van der Waals surface area contributed by atoms with Crippen molar-refractivity contribution in [1.29, 1.82) is 0 Å². The Labute approximate surface area is 171 Å². The van der Waals surface area contributed by atoms with Crippen molar-refractivity contribution >= 4 is 11.8 Å². The van der Waals surface area contributed by atoms with Crippen LogP contribution >= 0.6 is 11.8 Å². The van der Waals surface area contributed by atoms with Crippen molar-refractivity contribution in [1.82, 2.24) is 30.4 Å². The summed E-state index contributed by atoms with van der Waals surface area (Å²) in [5, 5.41) is 20.6. The van der Waals surface area contributed by atoms with E-state index in [0.717, 1.165) is 11.3 Å². The first-order chi connectivity index (χ1) is 14.2. The maximum Gasteiger partial charge on any atom is 0.277 e. The van der Waals surface area contributed by atoms with Gasteiger partial charge in [0.1, 0.15) is 0 Å². The highest BCUT2D eigenvalue weighted by Crippen LogP contribution is 2.36. The second kappa shape index (κ2) is 8.31. The van der Waals surface area contributed by atoms with Crippen molar-refractivity contribution in [2.75, 3.05) is 14.2 Å². The average Bonchev–Trinajstić information content (AvgIpc) is 3.43. The second-order valence-corrected chi connectivity index (χ2v) is 7.28. The third-order valence-electron chi connectivity index (χ3n) is 4.17.